The van der Waals surface area contributed by atoms with Crippen molar-refractivity contribution in [3.05, 3.63) is 41.7 Å². The van der Waals surface area contributed by atoms with Gasteiger partial charge in [0.1, 0.15) is 0 Å². The molecule has 0 radical (unpaired) electrons. The van der Waals surface area contributed by atoms with Crippen molar-refractivity contribution in [2.24, 2.45) is 55.2 Å². The number of methoxy groups -OCH3 is 1. The topological polar surface area (TPSA) is 51.5 Å². The van der Waals surface area contributed by atoms with E-state index in [4.69, 9.17) is 9.73 Å². The molecule has 0 aromatic carbocycles. The van der Waals surface area contributed by atoms with Crippen LogP contribution in [0, 0.1) is 50.2 Å². The third kappa shape index (κ3) is 4.08. The Hall–Kier alpha value is -1.97. The average Bonchev–Trinajstić information content (AvgIpc) is 2.92. The Kier molecular flexibility index (Phi) is 6.76. The van der Waals surface area contributed by atoms with Crippen LogP contribution in [0.5, 0.6) is 0 Å². The molecule has 0 unspecified atom stereocenters. The molecule has 1 heterocycles. The minimum absolute atomic E-state index is 0.0511. The van der Waals surface area contributed by atoms with Gasteiger partial charge < -0.3 is 4.74 Å². The largest absolute Gasteiger partial charge is 0.469 e. The number of carbonyl (C=O) groups is 1. The summed E-state index contributed by atoms with van der Waals surface area (Å²) in [4.78, 5) is 23.2. The van der Waals surface area contributed by atoms with Gasteiger partial charge in [0.25, 0.3) is 0 Å². The predicted molar refractivity (Wildman–Crippen MR) is 167 cm³/mol. The molecule has 6 rings (SSSR count). The first-order valence-corrected chi connectivity index (χ1v) is 16.5. The van der Waals surface area contributed by atoms with Gasteiger partial charge in [0.15, 0.2) is 0 Å². The molecule has 0 amide bonds. The van der Waals surface area contributed by atoms with Gasteiger partial charge in [-0.05, 0) is 121 Å². The van der Waals surface area contributed by atoms with Crippen molar-refractivity contribution in [2.45, 2.75) is 119 Å². The first-order chi connectivity index (χ1) is 19.2. The number of carbonyl (C=O) groups excluding carboxylic acids is 1. The standard InChI is InChI=1S/C37H54N2O2/c1-32(2)18-20-37(31(40)41-8)21-19-35(6)26(27(37)23-32)12-13-29-34(5)16-15-30(39-24-25-11-9-10-22-38-25)33(3,4)28(34)14-17-36(29,35)7/h9-12,22,24,27-30H,13-21,23H2,1-8H3/t27-,28+,29-,30+,34+,35-,36-,37+/m1/s1. The molecule has 224 valence electrons. The van der Waals surface area contributed by atoms with Crippen LogP contribution in [0.3, 0.4) is 0 Å². The minimum atomic E-state index is -0.328. The third-order valence-electron chi connectivity index (χ3n) is 14.3. The van der Waals surface area contributed by atoms with E-state index < -0.39 is 0 Å². The van der Waals surface area contributed by atoms with E-state index in [-0.39, 0.29) is 33.0 Å². The zero-order valence-corrected chi connectivity index (χ0v) is 27.1. The average molecular weight is 559 g/mol. The highest BCUT2D eigenvalue weighted by Crippen LogP contribution is 2.76. The Morgan fingerprint density at radius 2 is 1.71 bits per heavy atom. The molecular formula is C37H54N2O2. The Morgan fingerprint density at radius 1 is 0.951 bits per heavy atom. The van der Waals surface area contributed by atoms with Crippen LogP contribution in [-0.4, -0.2) is 30.3 Å². The van der Waals surface area contributed by atoms with Crippen LogP contribution in [-0.2, 0) is 9.53 Å². The SMILES string of the molecule is COC(=O)[C@]12CCC(C)(C)C[C@@H]1C1=CC[C@@H]3[C@@]4(C)CC[C@H](N=Cc5ccccn5)C(C)(C)[C@@H]4CC[C@@]3(C)[C@]1(C)CC2. The van der Waals surface area contributed by atoms with Crippen LogP contribution in [0.4, 0.5) is 0 Å². The number of nitrogens with zero attached hydrogens (tertiary/aromatic N) is 2. The van der Waals surface area contributed by atoms with Crippen LogP contribution >= 0.6 is 0 Å². The smallest absolute Gasteiger partial charge is 0.312 e. The summed E-state index contributed by atoms with van der Waals surface area (Å²) in [6, 6.07) is 6.39. The summed E-state index contributed by atoms with van der Waals surface area (Å²) in [7, 11) is 1.61. The van der Waals surface area contributed by atoms with Crippen molar-refractivity contribution < 1.29 is 9.53 Å². The molecule has 1 aromatic heterocycles. The lowest BCUT2D eigenvalue weighted by atomic mass is 9.33. The molecular weight excluding hydrogens is 504 g/mol. The van der Waals surface area contributed by atoms with E-state index in [9.17, 15) is 4.79 Å². The molecule has 4 fully saturated rings. The summed E-state index contributed by atoms with van der Waals surface area (Å²) in [5.74, 6) is 1.67. The molecule has 4 nitrogen and oxygen atoms in total. The maximum absolute atomic E-state index is 13.5. The van der Waals surface area contributed by atoms with Crippen molar-refractivity contribution in [3.8, 4) is 0 Å². The maximum Gasteiger partial charge on any atom is 0.312 e. The fourth-order valence-corrected chi connectivity index (χ4v) is 11.7. The summed E-state index contributed by atoms with van der Waals surface area (Å²) in [6.07, 6.45) is 17.9. The highest BCUT2D eigenvalue weighted by molar-refractivity contribution is 5.78. The van der Waals surface area contributed by atoms with E-state index in [2.05, 4.69) is 65.6 Å². The number of esters is 1. The number of ether oxygens (including phenoxy) is 1. The molecule has 0 aliphatic heterocycles. The van der Waals surface area contributed by atoms with E-state index in [0.29, 0.717) is 29.2 Å². The fraction of sp³-hybridized carbons (Fsp3) is 0.757. The van der Waals surface area contributed by atoms with Gasteiger partial charge in [0.05, 0.1) is 24.3 Å². The van der Waals surface area contributed by atoms with E-state index in [0.717, 1.165) is 50.6 Å². The molecule has 5 aliphatic carbocycles. The van der Waals surface area contributed by atoms with Crippen LogP contribution in [0.1, 0.15) is 118 Å². The highest BCUT2D eigenvalue weighted by Gasteiger charge is 2.69. The molecule has 0 saturated heterocycles. The van der Waals surface area contributed by atoms with Gasteiger partial charge in [-0.15, -0.1) is 0 Å². The lowest BCUT2D eigenvalue weighted by molar-refractivity contribution is -0.191. The number of rotatable bonds is 3. The van der Waals surface area contributed by atoms with Gasteiger partial charge in [-0.1, -0.05) is 66.2 Å². The van der Waals surface area contributed by atoms with Crippen molar-refractivity contribution in [1.82, 2.24) is 4.98 Å². The highest BCUT2D eigenvalue weighted by atomic mass is 16.5. The minimum Gasteiger partial charge on any atom is -0.469 e. The van der Waals surface area contributed by atoms with E-state index in [1.807, 2.05) is 24.5 Å². The maximum atomic E-state index is 13.5. The first kappa shape index (κ1) is 29.1. The fourth-order valence-electron chi connectivity index (χ4n) is 11.7. The van der Waals surface area contributed by atoms with Crippen LogP contribution in [0.25, 0.3) is 0 Å². The van der Waals surface area contributed by atoms with Gasteiger partial charge in [0, 0.05) is 12.4 Å². The van der Waals surface area contributed by atoms with Crippen molar-refractivity contribution in [1.29, 1.82) is 0 Å². The number of aromatic nitrogens is 1. The number of aliphatic imine (C=N–C) groups is 1. The lowest BCUT2D eigenvalue weighted by Gasteiger charge is -2.71. The molecule has 1 aromatic rings. The summed E-state index contributed by atoms with van der Waals surface area (Å²) in [5.41, 5.74) is 3.33. The molecule has 4 heteroatoms. The number of hydrogen-bond acceptors (Lipinski definition) is 4. The van der Waals surface area contributed by atoms with Crippen molar-refractivity contribution in [3.63, 3.8) is 0 Å². The van der Waals surface area contributed by atoms with E-state index in [1.165, 1.54) is 19.3 Å². The van der Waals surface area contributed by atoms with E-state index in [1.54, 1.807) is 12.7 Å². The number of fused-ring (bicyclic) bond motifs is 7. The van der Waals surface area contributed by atoms with E-state index >= 15 is 0 Å². The van der Waals surface area contributed by atoms with Crippen LogP contribution in [0.2, 0.25) is 0 Å². The predicted octanol–water partition coefficient (Wildman–Crippen LogP) is 8.84. The monoisotopic (exact) mass is 558 g/mol. The summed E-state index contributed by atoms with van der Waals surface area (Å²) in [6.45, 7) is 17.7. The normalized spacial score (nSPS) is 44.5. The molecule has 5 aliphatic rings. The summed E-state index contributed by atoms with van der Waals surface area (Å²) in [5, 5.41) is 0. The Bertz CT molecular complexity index is 1250. The molecule has 4 saturated carbocycles. The number of hydrogen-bond donors (Lipinski definition) is 0. The Labute approximate surface area is 249 Å². The molecule has 41 heavy (non-hydrogen) atoms. The second-order valence-electron chi connectivity index (χ2n) is 16.8. The second-order valence-corrected chi connectivity index (χ2v) is 16.8. The molecule has 0 N–H and O–H groups in total. The van der Waals surface area contributed by atoms with Crippen LogP contribution in [0.15, 0.2) is 41.0 Å². The third-order valence-corrected chi connectivity index (χ3v) is 14.3. The Morgan fingerprint density at radius 3 is 2.41 bits per heavy atom. The first-order valence-electron chi connectivity index (χ1n) is 16.5. The van der Waals surface area contributed by atoms with Gasteiger partial charge in [0.2, 0.25) is 0 Å². The van der Waals surface area contributed by atoms with Crippen LogP contribution < -0.4 is 0 Å². The molecule has 0 bridgehead atoms. The second kappa shape index (κ2) is 9.52. The van der Waals surface area contributed by atoms with Gasteiger partial charge >= 0.3 is 5.97 Å². The Balaban J connectivity index is 1.34. The lowest BCUT2D eigenvalue weighted by Crippen LogP contribution is -2.65. The number of allylic oxidation sites excluding steroid dienone is 2. The summed E-state index contributed by atoms with van der Waals surface area (Å²) >= 11 is 0. The quantitative estimate of drug-likeness (QED) is 0.211. The van der Waals surface area contributed by atoms with Gasteiger partial charge in [-0.25, -0.2) is 0 Å². The number of pyridine rings is 1. The van der Waals surface area contributed by atoms with Crippen molar-refractivity contribution >= 4 is 12.2 Å². The summed E-state index contributed by atoms with van der Waals surface area (Å²) < 4.78 is 5.55. The zero-order chi connectivity index (χ0) is 29.5. The van der Waals surface area contributed by atoms with Crippen molar-refractivity contribution in [2.75, 3.05) is 7.11 Å². The van der Waals surface area contributed by atoms with Gasteiger partial charge in [-0.3, -0.25) is 14.8 Å². The molecule has 8 atom stereocenters. The zero-order valence-electron chi connectivity index (χ0n) is 27.1. The van der Waals surface area contributed by atoms with Gasteiger partial charge in [-0.2, -0.15) is 0 Å². The molecule has 0 spiro atoms.